The topological polar surface area (TPSA) is 39.7 Å². The van der Waals surface area contributed by atoms with E-state index in [1.54, 1.807) is 6.21 Å². The van der Waals surface area contributed by atoms with Crippen LogP contribution in [0.4, 0.5) is 11.4 Å². The highest BCUT2D eigenvalue weighted by molar-refractivity contribution is 7.80. The number of benzene rings is 2. The molecule has 0 unspecified atom stereocenters. The van der Waals surface area contributed by atoms with Crippen LogP contribution in [-0.2, 0) is 0 Å². The third-order valence-corrected chi connectivity index (χ3v) is 4.38. The van der Waals surface area contributed by atoms with Gasteiger partial charge in [-0.3, -0.25) is 5.43 Å². The monoisotopic (exact) mass is 368 g/mol. The summed E-state index contributed by atoms with van der Waals surface area (Å²) in [5.41, 5.74) is 9.74. The fraction of sp³-hybridized carbons (Fsp3) is 0.333. The van der Waals surface area contributed by atoms with E-state index in [-0.39, 0.29) is 0 Å². The van der Waals surface area contributed by atoms with E-state index in [1.165, 1.54) is 22.4 Å². The summed E-state index contributed by atoms with van der Waals surface area (Å²) in [4.78, 5) is 2.24. The Hall–Kier alpha value is -2.40. The molecule has 0 fully saturated rings. The van der Waals surface area contributed by atoms with Crippen LogP contribution in [0.3, 0.4) is 0 Å². The van der Waals surface area contributed by atoms with Crippen LogP contribution < -0.4 is 15.6 Å². The SMILES string of the molecule is CCCN(C)c1ccc(/C=N\NC(=S)Nc2c(C)cc(C)cc2C)cc1. The summed E-state index contributed by atoms with van der Waals surface area (Å²) in [5.74, 6) is 0. The number of aryl methyl sites for hydroxylation is 3. The average Bonchev–Trinajstić information content (AvgIpc) is 2.59. The van der Waals surface area contributed by atoms with Gasteiger partial charge in [-0.25, -0.2) is 0 Å². The highest BCUT2D eigenvalue weighted by Crippen LogP contribution is 2.21. The van der Waals surface area contributed by atoms with Gasteiger partial charge in [0.2, 0.25) is 0 Å². The standard InChI is InChI=1S/C21H28N4S/c1-6-11-25(5)19-9-7-18(8-10-19)14-22-24-21(26)23-20-16(3)12-15(2)13-17(20)4/h7-10,12-14H,6,11H2,1-5H3,(H2,23,24,26)/b22-14-. The van der Waals surface area contributed by atoms with Crippen LogP contribution in [-0.4, -0.2) is 24.9 Å². The highest BCUT2D eigenvalue weighted by Gasteiger charge is 2.05. The zero-order valence-corrected chi connectivity index (χ0v) is 17.1. The maximum atomic E-state index is 5.34. The van der Waals surface area contributed by atoms with Gasteiger partial charge >= 0.3 is 0 Å². The van der Waals surface area contributed by atoms with Gasteiger partial charge in [0.25, 0.3) is 0 Å². The molecule has 0 spiro atoms. The first-order valence-corrected chi connectivity index (χ1v) is 9.30. The van der Waals surface area contributed by atoms with Crippen molar-refractivity contribution in [3.63, 3.8) is 0 Å². The molecule has 2 aromatic carbocycles. The molecule has 4 nitrogen and oxygen atoms in total. The molecular formula is C21H28N4S. The van der Waals surface area contributed by atoms with Gasteiger partial charge in [-0.2, -0.15) is 5.10 Å². The summed E-state index contributed by atoms with van der Waals surface area (Å²) in [7, 11) is 2.10. The Kier molecular flexibility index (Phi) is 7.16. The normalized spacial score (nSPS) is 10.8. The van der Waals surface area contributed by atoms with Crippen LogP contribution >= 0.6 is 12.2 Å². The number of hydrogen-bond donors (Lipinski definition) is 2. The van der Waals surface area contributed by atoms with Gasteiger partial charge < -0.3 is 10.2 Å². The van der Waals surface area contributed by atoms with Crippen LogP contribution in [0, 0.1) is 20.8 Å². The molecule has 0 bridgehead atoms. The van der Waals surface area contributed by atoms with Gasteiger partial charge in [-0.15, -0.1) is 0 Å². The Labute approximate surface area is 162 Å². The lowest BCUT2D eigenvalue weighted by Crippen LogP contribution is -2.24. The highest BCUT2D eigenvalue weighted by atomic mass is 32.1. The largest absolute Gasteiger partial charge is 0.375 e. The van der Waals surface area contributed by atoms with Crippen molar-refractivity contribution >= 4 is 34.9 Å². The number of thiocarbonyl (C=S) groups is 1. The summed E-state index contributed by atoms with van der Waals surface area (Å²) in [5, 5.41) is 7.95. The predicted octanol–water partition coefficient (Wildman–Crippen LogP) is 4.78. The molecule has 0 amide bonds. The van der Waals surface area contributed by atoms with E-state index in [9.17, 15) is 0 Å². The zero-order valence-electron chi connectivity index (χ0n) is 16.3. The quantitative estimate of drug-likeness (QED) is 0.437. The molecule has 0 heterocycles. The van der Waals surface area contributed by atoms with Crippen LogP contribution in [0.1, 0.15) is 35.6 Å². The van der Waals surface area contributed by atoms with Crippen LogP contribution in [0.15, 0.2) is 41.5 Å². The summed E-state index contributed by atoms with van der Waals surface area (Å²) in [6.45, 7) is 9.47. The Morgan fingerprint density at radius 1 is 1.12 bits per heavy atom. The number of hydrazone groups is 1. The van der Waals surface area contributed by atoms with E-state index in [1.807, 2.05) is 0 Å². The Morgan fingerprint density at radius 2 is 1.73 bits per heavy atom. The van der Waals surface area contributed by atoms with E-state index < -0.39 is 0 Å². The number of nitrogens with zero attached hydrogens (tertiary/aromatic N) is 2. The lowest BCUT2D eigenvalue weighted by atomic mass is 10.1. The minimum Gasteiger partial charge on any atom is -0.375 e. The third-order valence-electron chi connectivity index (χ3n) is 4.19. The fourth-order valence-electron chi connectivity index (χ4n) is 2.96. The third kappa shape index (κ3) is 5.56. The van der Waals surface area contributed by atoms with E-state index in [0.29, 0.717) is 5.11 Å². The van der Waals surface area contributed by atoms with Gasteiger partial charge in [0.15, 0.2) is 5.11 Å². The van der Waals surface area contributed by atoms with E-state index in [0.717, 1.165) is 24.2 Å². The molecule has 2 aromatic rings. The van der Waals surface area contributed by atoms with Gasteiger partial charge in [-0.1, -0.05) is 36.8 Å². The molecule has 0 saturated heterocycles. The molecule has 0 aromatic heterocycles. The second-order valence-electron chi connectivity index (χ2n) is 6.61. The van der Waals surface area contributed by atoms with Crippen molar-refractivity contribution in [2.75, 3.05) is 23.8 Å². The lowest BCUT2D eigenvalue weighted by molar-refractivity contribution is 0.852. The predicted molar refractivity (Wildman–Crippen MR) is 118 cm³/mol. The van der Waals surface area contributed by atoms with Crippen molar-refractivity contribution in [2.24, 2.45) is 5.10 Å². The number of rotatable bonds is 6. The first kappa shape index (κ1) is 19.9. The van der Waals surface area contributed by atoms with Gasteiger partial charge in [0.1, 0.15) is 0 Å². The summed E-state index contributed by atoms with van der Waals surface area (Å²) in [6, 6.07) is 12.6. The number of hydrogen-bond acceptors (Lipinski definition) is 3. The minimum atomic E-state index is 0.482. The lowest BCUT2D eigenvalue weighted by Gasteiger charge is -2.18. The smallest absolute Gasteiger partial charge is 0.191 e. The summed E-state index contributed by atoms with van der Waals surface area (Å²) >= 11 is 5.34. The summed E-state index contributed by atoms with van der Waals surface area (Å²) in [6.07, 6.45) is 2.90. The van der Waals surface area contributed by atoms with E-state index >= 15 is 0 Å². The molecule has 0 saturated carbocycles. The average molecular weight is 369 g/mol. The zero-order chi connectivity index (χ0) is 19.1. The first-order chi connectivity index (χ1) is 12.4. The molecule has 0 aliphatic rings. The van der Waals surface area contributed by atoms with Crippen molar-refractivity contribution in [3.05, 3.63) is 58.7 Å². The maximum Gasteiger partial charge on any atom is 0.191 e. The Bertz CT molecular complexity index is 758. The number of nitrogens with one attached hydrogen (secondary N) is 2. The van der Waals surface area contributed by atoms with Crippen molar-refractivity contribution in [2.45, 2.75) is 34.1 Å². The summed E-state index contributed by atoms with van der Waals surface area (Å²) < 4.78 is 0. The van der Waals surface area contributed by atoms with Crippen LogP contribution in [0.25, 0.3) is 0 Å². The Balaban J connectivity index is 1.93. The molecule has 5 heteroatoms. The second kappa shape index (κ2) is 9.34. The molecule has 2 N–H and O–H groups in total. The van der Waals surface area contributed by atoms with Crippen molar-refractivity contribution in [1.82, 2.24) is 5.43 Å². The molecular weight excluding hydrogens is 340 g/mol. The van der Waals surface area contributed by atoms with Crippen molar-refractivity contribution < 1.29 is 0 Å². The molecule has 138 valence electrons. The molecule has 2 rings (SSSR count). The van der Waals surface area contributed by atoms with E-state index in [4.69, 9.17) is 12.2 Å². The molecule has 0 atom stereocenters. The minimum absolute atomic E-state index is 0.482. The second-order valence-corrected chi connectivity index (χ2v) is 7.02. The van der Waals surface area contributed by atoms with Crippen molar-refractivity contribution in [3.8, 4) is 0 Å². The fourth-order valence-corrected chi connectivity index (χ4v) is 3.12. The molecule has 26 heavy (non-hydrogen) atoms. The Morgan fingerprint density at radius 3 is 2.31 bits per heavy atom. The molecule has 0 aliphatic carbocycles. The van der Waals surface area contributed by atoms with Gasteiger partial charge in [0.05, 0.1) is 6.21 Å². The van der Waals surface area contributed by atoms with Crippen molar-refractivity contribution in [1.29, 1.82) is 0 Å². The molecule has 0 aliphatic heterocycles. The number of anilines is 2. The maximum absolute atomic E-state index is 5.34. The van der Waals surface area contributed by atoms with Crippen LogP contribution in [0.5, 0.6) is 0 Å². The first-order valence-electron chi connectivity index (χ1n) is 8.89. The van der Waals surface area contributed by atoms with Gasteiger partial charge in [-0.05, 0) is 68.2 Å². The van der Waals surface area contributed by atoms with Gasteiger partial charge in [0, 0.05) is 25.0 Å². The molecule has 0 radical (unpaired) electrons. The van der Waals surface area contributed by atoms with Crippen LogP contribution in [0.2, 0.25) is 0 Å². The van der Waals surface area contributed by atoms with E-state index in [2.05, 4.69) is 91.9 Å².